The van der Waals surface area contributed by atoms with Gasteiger partial charge in [0.15, 0.2) is 5.15 Å². The second-order valence-electron chi connectivity index (χ2n) is 8.71. The Morgan fingerprint density at radius 2 is 1.95 bits per heavy atom. The summed E-state index contributed by atoms with van der Waals surface area (Å²) < 4.78 is 34.5. The summed E-state index contributed by atoms with van der Waals surface area (Å²) in [5.41, 5.74) is 3.65. The highest BCUT2D eigenvalue weighted by molar-refractivity contribution is 7.93. The van der Waals surface area contributed by atoms with Crippen molar-refractivity contribution >= 4 is 61.1 Å². The number of benzene rings is 1. The number of aromatic nitrogens is 4. The number of ether oxygens (including phenoxy) is 1. The van der Waals surface area contributed by atoms with Gasteiger partial charge in [0.1, 0.15) is 10.9 Å². The Morgan fingerprint density at radius 1 is 1.16 bits per heavy atom. The molecule has 3 N–H and O–H groups in total. The molecule has 2 atom stereocenters. The van der Waals surface area contributed by atoms with Gasteiger partial charge in [-0.2, -0.15) is 5.10 Å². The van der Waals surface area contributed by atoms with Crippen LogP contribution in [0.25, 0.3) is 22.0 Å². The molecule has 13 heteroatoms. The van der Waals surface area contributed by atoms with E-state index in [4.69, 9.17) is 16.3 Å². The lowest BCUT2D eigenvalue weighted by Gasteiger charge is -2.25. The molecule has 1 amide bonds. The fourth-order valence-corrected chi connectivity index (χ4v) is 6.47. The third-order valence-corrected chi connectivity index (χ3v) is 8.71. The van der Waals surface area contributed by atoms with Crippen LogP contribution in [0.2, 0.25) is 5.15 Å². The number of nitrogens with zero attached hydrogens (tertiary/aromatic N) is 3. The molecular formula is C25H23ClN6O4S2. The maximum absolute atomic E-state index is 13.3. The molecule has 38 heavy (non-hydrogen) atoms. The number of thiazole rings is 1. The molecular weight excluding hydrogens is 548 g/mol. The first kappa shape index (κ1) is 26.0. The van der Waals surface area contributed by atoms with Gasteiger partial charge in [0.2, 0.25) is 10.0 Å². The summed E-state index contributed by atoms with van der Waals surface area (Å²) in [5.74, 6) is -0.353. The second kappa shape index (κ2) is 10.3. The molecule has 5 rings (SSSR count). The van der Waals surface area contributed by atoms with Crippen molar-refractivity contribution in [3.05, 3.63) is 75.6 Å². The Labute approximate surface area is 227 Å². The number of fused-ring (bicyclic) bond motifs is 1. The van der Waals surface area contributed by atoms with E-state index in [2.05, 4.69) is 30.2 Å². The molecule has 0 bridgehead atoms. The van der Waals surface area contributed by atoms with Crippen LogP contribution in [0.1, 0.15) is 22.4 Å². The first-order chi connectivity index (χ1) is 18.1. The standard InChI is InChI=1S/C25H23ClN6O4S2/c1-13-4-5-22(36-3)23(6-13)38(34,35)32-20-9-16(10-27-24(20)26)15-7-18(17-11-28-31-19(17)8-15)30-25(33)21-12-37-14(2)29-21/h4-12,22-23,32H,1-3H3,(H,28,31)(H,30,33). The number of pyridine rings is 1. The lowest BCUT2D eigenvalue weighted by atomic mass is 10.0. The van der Waals surface area contributed by atoms with E-state index in [0.29, 0.717) is 33.4 Å². The Hall–Kier alpha value is -3.58. The highest BCUT2D eigenvalue weighted by atomic mass is 35.5. The van der Waals surface area contributed by atoms with E-state index >= 15 is 0 Å². The first-order valence-electron chi connectivity index (χ1n) is 11.4. The zero-order chi connectivity index (χ0) is 27.0. The van der Waals surface area contributed by atoms with Gasteiger partial charge in [0.25, 0.3) is 5.91 Å². The monoisotopic (exact) mass is 570 g/mol. The molecule has 0 fully saturated rings. The molecule has 196 valence electrons. The molecule has 1 aliphatic carbocycles. The predicted molar refractivity (Wildman–Crippen MR) is 149 cm³/mol. The number of H-pyrrole nitrogens is 1. The normalized spacial score (nSPS) is 17.4. The summed E-state index contributed by atoms with van der Waals surface area (Å²) in [6.07, 6.45) is 7.64. The number of aromatic amines is 1. The number of aryl methyl sites for hydroxylation is 1. The van der Waals surface area contributed by atoms with Gasteiger partial charge in [0, 0.05) is 29.6 Å². The van der Waals surface area contributed by atoms with Gasteiger partial charge in [-0.1, -0.05) is 35.4 Å². The van der Waals surface area contributed by atoms with Crippen LogP contribution in [-0.4, -0.2) is 53.0 Å². The molecule has 0 saturated carbocycles. The van der Waals surface area contributed by atoms with Crippen molar-refractivity contribution in [2.24, 2.45) is 0 Å². The van der Waals surface area contributed by atoms with E-state index < -0.39 is 21.4 Å². The van der Waals surface area contributed by atoms with E-state index in [0.717, 1.165) is 10.6 Å². The Bertz CT molecular complexity index is 1710. The number of carbonyl (C=O) groups is 1. The zero-order valence-electron chi connectivity index (χ0n) is 20.5. The summed E-state index contributed by atoms with van der Waals surface area (Å²) >= 11 is 7.68. The minimum atomic E-state index is -3.94. The number of hydrogen-bond donors (Lipinski definition) is 3. The number of hydrogen-bond acceptors (Lipinski definition) is 8. The van der Waals surface area contributed by atoms with Crippen LogP contribution in [0.5, 0.6) is 0 Å². The van der Waals surface area contributed by atoms with Crippen LogP contribution >= 0.6 is 22.9 Å². The Kier molecular flexibility index (Phi) is 7.05. The third kappa shape index (κ3) is 5.20. The van der Waals surface area contributed by atoms with E-state index in [1.54, 1.807) is 35.9 Å². The Morgan fingerprint density at radius 3 is 2.68 bits per heavy atom. The van der Waals surface area contributed by atoms with Gasteiger partial charge in [-0.25, -0.2) is 18.4 Å². The fraction of sp³-hybridized carbons (Fsp3) is 0.200. The molecule has 0 spiro atoms. The van der Waals surface area contributed by atoms with Gasteiger partial charge >= 0.3 is 0 Å². The molecule has 3 heterocycles. The highest BCUT2D eigenvalue weighted by Gasteiger charge is 2.33. The van der Waals surface area contributed by atoms with Crippen molar-refractivity contribution < 1.29 is 17.9 Å². The van der Waals surface area contributed by atoms with Gasteiger partial charge in [0.05, 0.1) is 34.2 Å². The summed E-state index contributed by atoms with van der Waals surface area (Å²) in [5, 5.41) is 12.1. The number of allylic oxidation sites excluding steroid dienone is 2. The van der Waals surface area contributed by atoms with Crippen molar-refractivity contribution in [2.45, 2.75) is 25.2 Å². The first-order valence-corrected chi connectivity index (χ1v) is 14.2. The van der Waals surface area contributed by atoms with Gasteiger partial charge < -0.3 is 10.1 Å². The number of sulfonamides is 1. The van der Waals surface area contributed by atoms with Crippen LogP contribution < -0.4 is 10.0 Å². The molecule has 4 aromatic rings. The number of halogens is 1. The van der Waals surface area contributed by atoms with Crippen molar-refractivity contribution in [3.63, 3.8) is 0 Å². The molecule has 3 aromatic heterocycles. The van der Waals surface area contributed by atoms with Crippen LogP contribution in [0.3, 0.4) is 0 Å². The van der Waals surface area contributed by atoms with Crippen molar-refractivity contribution in [1.82, 2.24) is 20.2 Å². The van der Waals surface area contributed by atoms with Crippen molar-refractivity contribution in [3.8, 4) is 11.1 Å². The number of rotatable bonds is 7. The molecule has 0 saturated heterocycles. The van der Waals surface area contributed by atoms with Crippen molar-refractivity contribution in [2.75, 3.05) is 17.1 Å². The van der Waals surface area contributed by atoms with E-state index in [1.807, 2.05) is 26.0 Å². The molecule has 2 unspecified atom stereocenters. The maximum atomic E-state index is 13.3. The minimum Gasteiger partial charge on any atom is -0.376 e. The van der Waals surface area contributed by atoms with Crippen LogP contribution in [0.15, 0.2) is 59.8 Å². The lowest BCUT2D eigenvalue weighted by Crippen LogP contribution is -2.38. The van der Waals surface area contributed by atoms with Crippen LogP contribution in [0.4, 0.5) is 11.4 Å². The largest absolute Gasteiger partial charge is 0.376 e. The number of anilines is 2. The molecule has 10 nitrogen and oxygen atoms in total. The fourth-order valence-electron chi connectivity index (χ4n) is 4.12. The summed E-state index contributed by atoms with van der Waals surface area (Å²) in [7, 11) is -2.48. The van der Waals surface area contributed by atoms with Gasteiger partial charge in [-0.3, -0.25) is 14.6 Å². The average Bonchev–Trinajstić information content (AvgIpc) is 3.54. The highest BCUT2D eigenvalue weighted by Crippen LogP contribution is 2.34. The van der Waals surface area contributed by atoms with E-state index in [-0.39, 0.29) is 16.7 Å². The van der Waals surface area contributed by atoms with E-state index in [9.17, 15) is 13.2 Å². The van der Waals surface area contributed by atoms with Crippen LogP contribution in [0, 0.1) is 6.92 Å². The smallest absolute Gasteiger partial charge is 0.275 e. The topological polar surface area (TPSA) is 139 Å². The maximum Gasteiger partial charge on any atom is 0.275 e. The van der Waals surface area contributed by atoms with Gasteiger partial charge in [-0.15, -0.1) is 11.3 Å². The predicted octanol–water partition coefficient (Wildman–Crippen LogP) is 4.94. The second-order valence-corrected chi connectivity index (χ2v) is 12.0. The number of nitrogens with one attached hydrogen (secondary N) is 3. The lowest BCUT2D eigenvalue weighted by molar-refractivity contribution is 0.102. The number of amides is 1. The quantitative estimate of drug-likeness (QED) is 0.267. The molecule has 0 aliphatic heterocycles. The third-order valence-electron chi connectivity index (χ3n) is 6.01. The van der Waals surface area contributed by atoms with E-state index in [1.165, 1.54) is 24.6 Å². The number of methoxy groups -OCH3 is 1. The molecule has 0 radical (unpaired) electrons. The summed E-state index contributed by atoms with van der Waals surface area (Å²) in [4.78, 5) is 21.2. The summed E-state index contributed by atoms with van der Waals surface area (Å²) in [6, 6.07) is 5.18. The van der Waals surface area contributed by atoms with Gasteiger partial charge in [-0.05, 0) is 37.6 Å². The SMILES string of the molecule is COC1C=CC(C)=CC1S(=O)(=O)Nc1cc(-c2cc(NC(=O)c3csc(C)n3)c3cn[nH]c3c2)cnc1Cl. The van der Waals surface area contributed by atoms with Crippen LogP contribution in [-0.2, 0) is 14.8 Å². The zero-order valence-corrected chi connectivity index (χ0v) is 22.9. The minimum absolute atomic E-state index is 0.00612. The van der Waals surface area contributed by atoms with Crippen molar-refractivity contribution in [1.29, 1.82) is 0 Å². The molecule has 1 aromatic carbocycles. The Balaban J connectivity index is 1.49. The summed E-state index contributed by atoms with van der Waals surface area (Å²) in [6.45, 7) is 3.64. The number of carbonyl (C=O) groups excluding carboxylic acids is 1. The average molecular weight is 571 g/mol. The molecule has 1 aliphatic rings.